The summed E-state index contributed by atoms with van der Waals surface area (Å²) in [5, 5.41) is 0. The number of anilines is 1. The fraction of sp³-hybridized carbons (Fsp3) is 0.562. The summed E-state index contributed by atoms with van der Waals surface area (Å²) in [6.45, 7) is 3.04. The van der Waals surface area contributed by atoms with Crippen LogP contribution >= 0.6 is 11.8 Å². The van der Waals surface area contributed by atoms with Gasteiger partial charge in [0.15, 0.2) is 0 Å². The molecular formula is C16H25N3O2S. The Balaban J connectivity index is 1.91. The summed E-state index contributed by atoms with van der Waals surface area (Å²) in [5.41, 5.74) is 7.07. The highest BCUT2D eigenvalue weighted by atomic mass is 32.2. The van der Waals surface area contributed by atoms with Crippen LogP contribution in [-0.4, -0.2) is 62.1 Å². The normalized spacial score (nSPS) is 16.5. The number of hydrogen-bond acceptors (Lipinski definition) is 5. The van der Waals surface area contributed by atoms with Crippen LogP contribution in [0, 0.1) is 0 Å². The standard InChI is InChI=1S/C16H25N3O2S/c1-21-15-6-4-3-5-14(15)18-8-10-19(11-9-18)16(20)13(17)7-12-22-2/h3-6,13H,7-12,17H2,1-2H3/t13-/m0/s1. The summed E-state index contributed by atoms with van der Waals surface area (Å²) in [4.78, 5) is 16.5. The van der Waals surface area contributed by atoms with Crippen LogP contribution in [0.5, 0.6) is 5.75 Å². The van der Waals surface area contributed by atoms with Gasteiger partial charge >= 0.3 is 0 Å². The van der Waals surface area contributed by atoms with Gasteiger partial charge in [-0.3, -0.25) is 4.79 Å². The van der Waals surface area contributed by atoms with E-state index in [2.05, 4.69) is 11.0 Å². The summed E-state index contributed by atoms with van der Waals surface area (Å²) < 4.78 is 5.41. The second-order valence-corrected chi connectivity index (χ2v) is 6.36. The molecule has 0 spiro atoms. The molecule has 0 aromatic heterocycles. The quantitative estimate of drug-likeness (QED) is 0.858. The molecule has 0 saturated carbocycles. The molecular weight excluding hydrogens is 298 g/mol. The molecule has 1 aliphatic rings. The molecule has 1 aromatic carbocycles. The molecule has 0 bridgehead atoms. The molecule has 1 aromatic rings. The van der Waals surface area contributed by atoms with Crippen molar-refractivity contribution in [1.82, 2.24) is 4.90 Å². The maximum absolute atomic E-state index is 12.3. The van der Waals surface area contributed by atoms with Crippen molar-refractivity contribution in [2.24, 2.45) is 5.73 Å². The zero-order valence-corrected chi connectivity index (χ0v) is 14.1. The first-order chi connectivity index (χ1) is 10.7. The minimum absolute atomic E-state index is 0.0775. The predicted octanol–water partition coefficient (Wildman–Crippen LogP) is 1.42. The smallest absolute Gasteiger partial charge is 0.239 e. The molecule has 2 rings (SSSR count). The highest BCUT2D eigenvalue weighted by Crippen LogP contribution is 2.28. The van der Waals surface area contributed by atoms with E-state index in [1.54, 1.807) is 18.9 Å². The molecule has 1 heterocycles. The number of para-hydroxylation sites is 2. The number of carbonyl (C=O) groups excluding carboxylic acids is 1. The number of thioether (sulfide) groups is 1. The molecule has 0 aliphatic carbocycles. The molecule has 1 aliphatic heterocycles. The molecule has 6 heteroatoms. The number of carbonyl (C=O) groups is 1. The van der Waals surface area contributed by atoms with Gasteiger partial charge in [-0.15, -0.1) is 0 Å². The maximum Gasteiger partial charge on any atom is 0.239 e. The molecule has 0 unspecified atom stereocenters. The monoisotopic (exact) mass is 323 g/mol. The second-order valence-electron chi connectivity index (χ2n) is 5.37. The van der Waals surface area contributed by atoms with E-state index in [1.807, 2.05) is 29.4 Å². The zero-order chi connectivity index (χ0) is 15.9. The fourth-order valence-corrected chi connectivity index (χ4v) is 3.15. The third-order valence-corrected chi connectivity index (χ3v) is 4.61. The van der Waals surface area contributed by atoms with Crippen molar-refractivity contribution in [2.45, 2.75) is 12.5 Å². The number of nitrogens with two attached hydrogens (primary N) is 1. The molecule has 5 nitrogen and oxygen atoms in total. The van der Waals surface area contributed by atoms with Crippen molar-refractivity contribution in [1.29, 1.82) is 0 Å². The Bertz CT molecular complexity index is 490. The van der Waals surface area contributed by atoms with Gasteiger partial charge in [-0.2, -0.15) is 11.8 Å². The van der Waals surface area contributed by atoms with Crippen molar-refractivity contribution in [2.75, 3.05) is 50.2 Å². The summed E-state index contributed by atoms with van der Waals surface area (Å²) in [7, 11) is 1.68. The summed E-state index contributed by atoms with van der Waals surface area (Å²) >= 11 is 1.72. The van der Waals surface area contributed by atoms with Gasteiger partial charge in [0.2, 0.25) is 5.91 Å². The first kappa shape index (κ1) is 17.0. The van der Waals surface area contributed by atoms with Crippen molar-refractivity contribution in [3.05, 3.63) is 24.3 Å². The van der Waals surface area contributed by atoms with Crippen molar-refractivity contribution in [3.63, 3.8) is 0 Å². The van der Waals surface area contributed by atoms with Gasteiger partial charge in [0.05, 0.1) is 18.8 Å². The lowest BCUT2D eigenvalue weighted by Crippen LogP contribution is -2.53. The number of rotatable bonds is 6. The van der Waals surface area contributed by atoms with E-state index < -0.39 is 0 Å². The van der Waals surface area contributed by atoms with Crippen LogP contribution in [0.1, 0.15) is 6.42 Å². The van der Waals surface area contributed by atoms with Gasteiger partial charge in [0.1, 0.15) is 5.75 Å². The fourth-order valence-electron chi connectivity index (χ4n) is 2.66. The predicted molar refractivity (Wildman–Crippen MR) is 92.8 cm³/mol. The highest BCUT2D eigenvalue weighted by Gasteiger charge is 2.25. The van der Waals surface area contributed by atoms with Gasteiger partial charge in [0, 0.05) is 26.2 Å². The SMILES string of the molecule is COc1ccccc1N1CCN(C(=O)[C@@H](N)CCSC)CC1. The highest BCUT2D eigenvalue weighted by molar-refractivity contribution is 7.98. The Morgan fingerprint density at radius 3 is 2.64 bits per heavy atom. The van der Waals surface area contributed by atoms with Crippen LogP contribution in [0.4, 0.5) is 5.69 Å². The summed E-state index contributed by atoms with van der Waals surface area (Å²) in [6, 6.07) is 7.62. The minimum atomic E-state index is -0.370. The molecule has 22 heavy (non-hydrogen) atoms. The Hall–Kier alpha value is -1.40. The van der Waals surface area contributed by atoms with Crippen LogP contribution in [0.25, 0.3) is 0 Å². The van der Waals surface area contributed by atoms with Gasteiger partial charge in [-0.25, -0.2) is 0 Å². The van der Waals surface area contributed by atoms with Crippen molar-refractivity contribution < 1.29 is 9.53 Å². The molecule has 1 fully saturated rings. The second kappa shape index (κ2) is 8.29. The third-order valence-electron chi connectivity index (χ3n) is 3.97. The average molecular weight is 323 g/mol. The Kier molecular flexibility index (Phi) is 6.39. The van der Waals surface area contributed by atoms with E-state index in [-0.39, 0.29) is 11.9 Å². The number of nitrogens with zero attached hydrogens (tertiary/aromatic N) is 2. The van der Waals surface area contributed by atoms with Crippen LogP contribution in [0.15, 0.2) is 24.3 Å². The summed E-state index contributed by atoms with van der Waals surface area (Å²) in [5.74, 6) is 1.88. The van der Waals surface area contributed by atoms with E-state index >= 15 is 0 Å². The van der Waals surface area contributed by atoms with E-state index in [4.69, 9.17) is 10.5 Å². The van der Waals surface area contributed by atoms with E-state index in [0.29, 0.717) is 13.1 Å². The number of amides is 1. The van der Waals surface area contributed by atoms with E-state index in [0.717, 1.165) is 36.7 Å². The topological polar surface area (TPSA) is 58.8 Å². The molecule has 1 saturated heterocycles. The largest absolute Gasteiger partial charge is 0.495 e. The zero-order valence-electron chi connectivity index (χ0n) is 13.3. The number of ether oxygens (including phenoxy) is 1. The van der Waals surface area contributed by atoms with Crippen LogP contribution in [0.3, 0.4) is 0 Å². The van der Waals surface area contributed by atoms with Gasteiger partial charge < -0.3 is 20.3 Å². The lowest BCUT2D eigenvalue weighted by atomic mass is 10.1. The van der Waals surface area contributed by atoms with Gasteiger partial charge in [-0.05, 0) is 30.6 Å². The van der Waals surface area contributed by atoms with Crippen LogP contribution in [0.2, 0.25) is 0 Å². The molecule has 0 radical (unpaired) electrons. The molecule has 1 atom stereocenters. The first-order valence-electron chi connectivity index (χ1n) is 7.58. The van der Waals surface area contributed by atoms with Crippen LogP contribution < -0.4 is 15.4 Å². The van der Waals surface area contributed by atoms with Crippen LogP contribution in [-0.2, 0) is 4.79 Å². The number of benzene rings is 1. The molecule has 2 N–H and O–H groups in total. The minimum Gasteiger partial charge on any atom is -0.495 e. The van der Waals surface area contributed by atoms with E-state index in [1.165, 1.54) is 0 Å². The van der Waals surface area contributed by atoms with Crippen molar-refractivity contribution in [3.8, 4) is 5.75 Å². The summed E-state index contributed by atoms with van der Waals surface area (Å²) in [6.07, 6.45) is 2.77. The number of piperazine rings is 1. The van der Waals surface area contributed by atoms with Crippen molar-refractivity contribution >= 4 is 23.4 Å². The lowest BCUT2D eigenvalue weighted by Gasteiger charge is -2.37. The molecule has 122 valence electrons. The maximum atomic E-state index is 12.3. The Morgan fingerprint density at radius 1 is 1.32 bits per heavy atom. The Morgan fingerprint density at radius 2 is 2.00 bits per heavy atom. The van der Waals surface area contributed by atoms with E-state index in [9.17, 15) is 4.79 Å². The number of hydrogen-bond donors (Lipinski definition) is 1. The van der Waals surface area contributed by atoms with Gasteiger partial charge in [-0.1, -0.05) is 12.1 Å². The number of methoxy groups -OCH3 is 1. The van der Waals surface area contributed by atoms with Gasteiger partial charge in [0.25, 0.3) is 0 Å². The molecule has 1 amide bonds. The Labute approximate surface area is 136 Å². The average Bonchev–Trinajstić information content (AvgIpc) is 2.59. The first-order valence-corrected chi connectivity index (χ1v) is 8.98. The lowest BCUT2D eigenvalue weighted by molar-refractivity contribution is -0.132. The third kappa shape index (κ3) is 4.08.